The Hall–Kier alpha value is -4.54. The number of hydrogen-bond donors (Lipinski definition) is 6. The van der Waals surface area contributed by atoms with Crippen LogP contribution in [0.3, 0.4) is 0 Å². The molecule has 4 aliphatic heterocycles. The molecule has 26 heteroatoms. The van der Waals surface area contributed by atoms with E-state index in [1.165, 1.54) is 12.1 Å². The second-order valence-corrected chi connectivity index (χ2v) is 25.0. The van der Waals surface area contributed by atoms with Crippen molar-refractivity contribution in [2.75, 3.05) is 36.0 Å². The topological polar surface area (TPSA) is 308 Å². The summed E-state index contributed by atoms with van der Waals surface area (Å²) in [7, 11) is -13.1. The molecule has 0 bridgehead atoms. The maximum Gasteiger partial charge on any atom is 0.365 e. The number of carbonyl (C=O) groups is 1. The van der Waals surface area contributed by atoms with Crippen LogP contribution in [0, 0.1) is 11.3 Å². The third-order valence-electron chi connectivity index (χ3n) is 13.7. The molecule has 0 saturated carbocycles. The molecule has 1 fully saturated rings. The van der Waals surface area contributed by atoms with Gasteiger partial charge in [0.15, 0.2) is 17.8 Å². The number of carbonyl (C=O) groups excluding carboxylic acids is 1. The highest BCUT2D eigenvalue weighted by Crippen LogP contribution is 2.54. The third-order valence-corrected chi connectivity index (χ3v) is 17.6. The van der Waals surface area contributed by atoms with Gasteiger partial charge in [0.05, 0.1) is 39.4 Å². The molecule has 388 valence electrons. The molecule has 5 aliphatic rings. The Bertz CT molecular complexity index is 3200. The molecule has 21 nitrogen and oxygen atoms in total. The second kappa shape index (κ2) is 21.0. The van der Waals surface area contributed by atoms with Crippen LogP contribution in [0.25, 0.3) is 0 Å². The third kappa shape index (κ3) is 11.0. The summed E-state index contributed by atoms with van der Waals surface area (Å²) < 4.78 is 111. The molecular weight excluding hydrogens is 1040 g/mol. The van der Waals surface area contributed by atoms with Gasteiger partial charge in [0, 0.05) is 52.4 Å². The van der Waals surface area contributed by atoms with Crippen LogP contribution < -0.4 is 4.90 Å². The van der Waals surface area contributed by atoms with Crippen molar-refractivity contribution < 1.29 is 87.1 Å². The molecule has 2 aromatic carbocycles. The average Bonchev–Trinajstić information content (AvgIpc) is 3.75. The van der Waals surface area contributed by atoms with Gasteiger partial charge < -0.3 is 10.0 Å². The van der Waals surface area contributed by atoms with Crippen molar-refractivity contribution in [1.29, 1.82) is 5.26 Å². The van der Waals surface area contributed by atoms with E-state index in [9.17, 15) is 54.1 Å². The number of benzene rings is 2. The number of amides is 1. The van der Waals surface area contributed by atoms with Gasteiger partial charge in [-0.25, -0.2) is 15.3 Å². The van der Waals surface area contributed by atoms with Crippen molar-refractivity contribution in [3.8, 4) is 6.07 Å². The van der Waals surface area contributed by atoms with E-state index in [1.54, 1.807) is 19.1 Å². The normalized spacial score (nSPS) is 22.9. The number of unbranched alkanes of at least 4 members (excludes halogenated alkanes) is 2. The zero-order valence-corrected chi connectivity index (χ0v) is 43.7. The number of aliphatic hydroxyl groups is 1. The number of fused-ring (bicyclic) bond motifs is 2. The van der Waals surface area contributed by atoms with Gasteiger partial charge in [-0.05, 0) is 117 Å². The fraction of sp³-hybridized carbons (Fsp3) is 0.413. The maximum absolute atomic E-state index is 14.1. The molecule has 1 spiro atoms. The lowest BCUT2D eigenvalue weighted by Gasteiger charge is -2.27. The lowest BCUT2D eigenvalue weighted by molar-refractivity contribution is -0.701. The predicted octanol–water partition coefficient (Wildman–Crippen LogP) is 7.70. The molecule has 2 unspecified atom stereocenters. The Morgan fingerprint density at radius 3 is 2.18 bits per heavy atom. The summed E-state index contributed by atoms with van der Waals surface area (Å²) >= 11 is 1.38. The minimum atomic E-state index is -4.61. The van der Waals surface area contributed by atoms with Crippen LogP contribution in [0.1, 0.15) is 84.3 Å². The number of rotatable bonds is 21. The molecule has 0 radical (unpaired) electrons. The first kappa shape index (κ1) is 55.2. The minimum Gasteiger partial charge on any atom is -0.467 e. The van der Waals surface area contributed by atoms with Crippen LogP contribution in [0.4, 0.5) is 11.4 Å². The lowest BCUT2D eigenvalue weighted by atomic mass is 9.81. The Morgan fingerprint density at radius 2 is 1.54 bits per heavy atom. The number of aliphatic hydroxyl groups excluding tert-OH is 1. The summed E-state index contributed by atoms with van der Waals surface area (Å²) in [4.78, 5) is 16.3. The Labute approximate surface area is 425 Å². The van der Waals surface area contributed by atoms with E-state index in [-0.39, 0.29) is 53.4 Å². The summed E-state index contributed by atoms with van der Waals surface area (Å²) in [6, 6.07) is 11.7. The summed E-state index contributed by atoms with van der Waals surface area (Å²) in [5.41, 5.74) is 4.67. The van der Waals surface area contributed by atoms with Gasteiger partial charge >= 0.3 is 11.8 Å². The molecular formula is C46H54N4O17S5+2. The highest BCUT2D eigenvalue weighted by molar-refractivity contribution is 7.95. The highest BCUT2D eigenvalue weighted by Gasteiger charge is 2.70. The first-order valence-corrected chi connectivity index (χ1v) is 28.6. The van der Waals surface area contributed by atoms with Crippen LogP contribution >= 0.6 is 24.1 Å². The maximum atomic E-state index is 14.1. The Kier molecular flexibility index (Phi) is 16.1. The zero-order valence-electron chi connectivity index (χ0n) is 39.6. The molecule has 7 rings (SSSR count). The van der Waals surface area contributed by atoms with E-state index < -0.39 is 68.5 Å². The molecule has 2 atom stereocenters. The summed E-state index contributed by atoms with van der Waals surface area (Å²) in [6.07, 6.45) is 9.18. The number of hydrogen-bond acceptors (Lipinski definition) is 18. The van der Waals surface area contributed by atoms with E-state index in [1.807, 2.05) is 79.7 Å². The van der Waals surface area contributed by atoms with Gasteiger partial charge in [0.25, 0.3) is 30.4 Å². The second-order valence-electron chi connectivity index (χ2n) is 18.8. The quantitative estimate of drug-likeness (QED) is 0.0102. The van der Waals surface area contributed by atoms with Crippen LogP contribution in [-0.2, 0) is 64.7 Å². The van der Waals surface area contributed by atoms with E-state index in [0.29, 0.717) is 82.8 Å². The summed E-state index contributed by atoms with van der Waals surface area (Å²) in [6.45, 7) is 9.86. The largest absolute Gasteiger partial charge is 0.467 e. The van der Waals surface area contributed by atoms with Gasteiger partial charge in [-0.15, -0.1) is 8.67 Å². The number of allylic oxidation sites excluding steroid dienone is 10. The van der Waals surface area contributed by atoms with Crippen LogP contribution in [0.5, 0.6) is 0 Å². The number of nitrogens with zero attached hydrogens (tertiary/aromatic N) is 4. The zero-order chi connectivity index (χ0) is 52.8. The SMILES string of the molecule is CC1=C(C#N)C(=O)[N+]2(CC2SOOO)C(O)=C1C1=C(C=CC2=[N+](CCCCS(=O)(=O)O)c3ccc(SOOO)cc3C2(C)C)CCC1=C/C=C1/N(CCCCS(=O)(=O)O)c2ccc(S(=O)(=O)O)cc2C1(C)C. The monoisotopic (exact) mass is 1090 g/mol. The standard InChI is InChI=1S/C46H52N4O17S5/c1-28-33(26-47)43(51)50(27-40(50)69-67-65-54)44(52)41(28)42-29(12-18-38-45(2,3)34-24-31(68-66-64-53)14-16-36(34)48(38)20-6-8-22-70(55,56)57)10-11-30(42)13-19-39-46(4,5)35-25-32(72(61,62)63)15-17-37(35)49(39)21-7-9-23-71(58,59)60/h12-19,24-25,40H,6-11,20-23,27H2,1-5H3,(H4-,53,54,55,56,57,58,59,60,61,62,63)/p+2/b30-13?,39-19+. The molecule has 0 aromatic heterocycles. The molecule has 2 aromatic rings. The van der Waals surface area contributed by atoms with Gasteiger partial charge in [-0.3, -0.25) is 13.7 Å². The van der Waals surface area contributed by atoms with Crippen molar-refractivity contribution >= 4 is 77.4 Å². The van der Waals surface area contributed by atoms with Crippen molar-refractivity contribution in [3.63, 3.8) is 0 Å². The minimum absolute atomic E-state index is 0.0145. The molecule has 6 N–H and O–H groups in total. The van der Waals surface area contributed by atoms with Crippen molar-refractivity contribution in [2.24, 2.45) is 0 Å². The average molecular weight is 1100 g/mol. The molecule has 4 heterocycles. The fourth-order valence-electron chi connectivity index (χ4n) is 10.1. The van der Waals surface area contributed by atoms with E-state index in [2.05, 4.69) is 10.1 Å². The number of nitriles is 1. The molecule has 1 amide bonds. The molecule has 1 saturated heterocycles. The van der Waals surface area contributed by atoms with Crippen LogP contribution in [-0.4, -0.2) is 112 Å². The predicted molar refractivity (Wildman–Crippen MR) is 264 cm³/mol. The van der Waals surface area contributed by atoms with E-state index in [0.717, 1.165) is 29.0 Å². The molecule has 72 heavy (non-hydrogen) atoms. The first-order chi connectivity index (χ1) is 33.7. The van der Waals surface area contributed by atoms with E-state index in [4.69, 9.17) is 19.2 Å². The van der Waals surface area contributed by atoms with Crippen molar-refractivity contribution in [1.82, 2.24) is 0 Å². The summed E-state index contributed by atoms with van der Waals surface area (Å²) in [5.74, 6) is -1.97. The van der Waals surface area contributed by atoms with Gasteiger partial charge in [0.1, 0.15) is 24.7 Å². The van der Waals surface area contributed by atoms with Gasteiger partial charge in [-0.2, -0.15) is 39.6 Å². The first-order valence-electron chi connectivity index (χ1n) is 22.4. The van der Waals surface area contributed by atoms with Crippen molar-refractivity contribution in [3.05, 3.63) is 117 Å². The number of quaternary nitrogens is 1. The van der Waals surface area contributed by atoms with E-state index >= 15 is 0 Å². The smallest absolute Gasteiger partial charge is 0.365 e. The van der Waals surface area contributed by atoms with Gasteiger partial charge in [0.2, 0.25) is 11.1 Å². The molecule has 1 aliphatic carbocycles. The Balaban J connectivity index is 1.41. The Morgan fingerprint density at radius 1 is 0.861 bits per heavy atom. The van der Waals surface area contributed by atoms with Gasteiger partial charge in [-0.1, -0.05) is 36.1 Å². The van der Waals surface area contributed by atoms with Crippen molar-refractivity contribution in [2.45, 2.75) is 99.1 Å². The number of anilines is 1. The highest BCUT2D eigenvalue weighted by atomic mass is 32.2. The van der Waals surface area contributed by atoms with Crippen LogP contribution in [0.15, 0.2) is 116 Å². The summed E-state index contributed by atoms with van der Waals surface area (Å²) in [5, 5.41) is 47.5. The van der Waals surface area contributed by atoms with Crippen LogP contribution in [0.2, 0.25) is 0 Å². The fourth-order valence-corrected chi connectivity index (χ4v) is 12.9. The lowest BCUT2D eigenvalue weighted by Crippen LogP contribution is -2.40.